The summed E-state index contributed by atoms with van der Waals surface area (Å²) in [5.74, 6) is -0.515. The van der Waals surface area contributed by atoms with Gasteiger partial charge in [0.05, 0.1) is 18.4 Å². The highest BCUT2D eigenvalue weighted by Crippen LogP contribution is 2.24. The molecule has 1 heterocycles. The SMILES string of the molecule is COC(=O)Cc1cc(Br)ccc1S(=O)(=O)Nc1nccs1. The van der Waals surface area contributed by atoms with Gasteiger partial charge in [-0.15, -0.1) is 11.3 Å². The topological polar surface area (TPSA) is 85.4 Å². The first-order valence-corrected chi connectivity index (χ1v) is 8.85. The Labute approximate surface area is 134 Å². The number of benzene rings is 1. The smallest absolute Gasteiger partial charge is 0.310 e. The number of ether oxygens (including phenoxy) is 1. The summed E-state index contributed by atoms with van der Waals surface area (Å²) in [6.45, 7) is 0. The van der Waals surface area contributed by atoms with Crippen molar-refractivity contribution in [2.24, 2.45) is 0 Å². The van der Waals surface area contributed by atoms with Gasteiger partial charge in [-0.2, -0.15) is 0 Å². The van der Waals surface area contributed by atoms with E-state index >= 15 is 0 Å². The van der Waals surface area contributed by atoms with Crippen molar-refractivity contribution < 1.29 is 17.9 Å². The second kappa shape index (κ2) is 6.54. The molecule has 1 N–H and O–H groups in total. The number of anilines is 1. The summed E-state index contributed by atoms with van der Waals surface area (Å²) < 4.78 is 32.4. The monoisotopic (exact) mass is 390 g/mol. The van der Waals surface area contributed by atoms with Gasteiger partial charge in [-0.3, -0.25) is 9.52 Å². The lowest BCUT2D eigenvalue weighted by Crippen LogP contribution is -2.16. The molecule has 112 valence electrons. The summed E-state index contributed by atoms with van der Waals surface area (Å²) in [5.41, 5.74) is 0.347. The Balaban J connectivity index is 2.40. The first-order valence-electron chi connectivity index (χ1n) is 5.70. The first kappa shape index (κ1) is 15.9. The van der Waals surface area contributed by atoms with Crippen molar-refractivity contribution in [2.45, 2.75) is 11.3 Å². The molecule has 1 aromatic heterocycles. The zero-order chi connectivity index (χ0) is 15.5. The molecule has 2 aromatic rings. The third kappa shape index (κ3) is 4.02. The number of aromatic nitrogens is 1. The van der Waals surface area contributed by atoms with Gasteiger partial charge in [-0.05, 0) is 23.8 Å². The maximum atomic E-state index is 12.4. The molecule has 0 aliphatic heterocycles. The van der Waals surface area contributed by atoms with E-state index in [-0.39, 0.29) is 16.4 Å². The van der Waals surface area contributed by atoms with Crippen LogP contribution in [-0.4, -0.2) is 26.5 Å². The van der Waals surface area contributed by atoms with Crippen molar-refractivity contribution in [3.63, 3.8) is 0 Å². The number of esters is 1. The van der Waals surface area contributed by atoms with E-state index in [4.69, 9.17) is 0 Å². The molecule has 0 fully saturated rings. The predicted octanol–water partition coefficient (Wildman–Crippen LogP) is 2.42. The Kier molecular flexibility index (Phi) is 4.96. The molecule has 2 rings (SSSR count). The highest BCUT2D eigenvalue weighted by atomic mass is 79.9. The van der Waals surface area contributed by atoms with Gasteiger partial charge in [0.15, 0.2) is 5.13 Å². The van der Waals surface area contributed by atoms with Crippen LogP contribution in [0.25, 0.3) is 0 Å². The standard InChI is InChI=1S/C12H11BrN2O4S2/c1-19-11(16)7-8-6-9(13)2-3-10(8)21(17,18)15-12-14-4-5-20-12/h2-6H,7H2,1H3,(H,14,15). The number of hydrogen-bond acceptors (Lipinski definition) is 6. The van der Waals surface area contributed by atoms with Gasteiger partial charge in [-0.25, -0.2) is 13.4 Å². The fourth-order valence-electron chi connectivity index (χ4n) is 1.62. The molecule has 1 aromatic carbocycles. The van der Waals surface area contributed by atoms with Crippen molar-refractivity contribution in [2.75, 3.05) is 11.8 Å². The summed E-state index contributed by atoms with van der Waals surface area (Å²) >= 11 is 4.43. The van der Waals surface area contributed by atoms with E-state index in [1.165, 1.54) is 30.7 Å². The summed E-state index contributed by atoms with van der Waals surface area (Å²) in [4.78, 5) is 15.3. The highest BCUT2D eigenvalue weighted by molar-refractivity contribution is 9.10. The zero-order valence-corrected chi connectivity index (χ0v) is 14.1. The van der Waals surface area contributed by atoms with Crippen LogP contribution in [-0.2, 0) is 26.0 Å². The Morgan fingerprint density at radius 1 is 1.48 bits per heavy atom. The molecule has 6 nitrogen and oxygen atoms in total. The highest BCUT2D eigenvalue weighted by Gasteiger charge is 2.21. The predicted molar refractivity (Wildman–Crippen MR) is 82.8 cm³/mol. The average molecular weight is 391 g/mol. The lowest BCUT2D eigenvalue weighted by atomic mass is 10.1. The minimum Gasteiger partial charge on any atom is -0.469 e. The van der Waals surface area contributed by atoms with Gasteiger partial charge in [0, 0.05) is 16.0 Å². The lowest BCUT2D eigenvalue weighted by molar-refractivity contribution is -0.139. The summed E-state index contributed by atoms with van der Waals surface area (Å²) in [5, 5.41) is 1.93. The van der Waals surface area contributed by atoms with Gasteiger partial charge < -0.3 is 4.74 Å². The molecule has 0 radical (unpaired) electrons. The van der Waals surface area contributed by atoms with E-state index in [2.05, 4.69) is 30.4 Å². The Morgan fingerprint density at radius 3 is 2.86 bits per heavy atom. The number of nitrogens with zero attached hydrogens (tertiary/aromatic N) is 1. The van der Waals surface area contributed by atoms with E-state index in [9.17, 15) is 13.2 Å². The fourth-order valence-corrected chi connectivity index (χ4v) is 4.04. The number of methoxy groups -OCH3 is 1. The van der Waals surface area contributed by atoms with Crippen LogP contribution in [0.2, 0.25) is 0 Å². The maximum absolute atomic E-state index is 12.4. The van der Waals surface area contributed by atoms with Crippen molar-refractivity contribution in [3.8, 4) is 0 Å². The number of rotatable bonds is 5. The van der Waals surface area contributed by atoms with Crippen molar-refractivity contribution in [1.29, 1.82) is 0 Å². The van der Waals surface area contributed by atoms with Crippen LogP contribution in [0.1, 0.15) is 5.56 Å². The van der Waals surface area contributed by atoms with E-state index < -0.39 is 16.0 Å². The largest absolute Gasteiger partial charge is 0.469 e. The molecule has 0 amide bonds. The van der Waals surface area contributed by atoms with Crippen LogP contribution in [0.5, 0.6) is 0 Å². The quantitative estimate of drug-likeness (QED) is 0.792. The molecular weight excluding hydrogens is 380 g/mol. The molecule has 0 bridgehead atoms. The second-order valence-electron chi connectivity index (χ2n) is 3.95. The maximum Gasteiger partial charge on any atom is 0.310 e. The van der Waals surface area contributed by atoms with Crippen molar-refractivity contribution in [3.05, 3.63) is 39.8 Å². The van der Waals surface area contributed by atoms with Crippen LogP contribution in [0.15, 0.2) is 39.1 Å². The lowest BCUT2D eigenvalue weighted by Gasteiger charge is -2.10. The van der Waals surface area contributed by atoms with Crippen LogP contribution in [0.3, 0.4) is 0 Å². The summed E-state index contributed by atoms with van der Waals surface area (Å²) in [7, 11) is -2.56. The van der Waals surface area contributed by atoms with E-state index in [0.29, 0.717) is 10.0 Å². The van der Waals surface area contributed by atoms with Crippen LogP contribution < -0.4 is 4.72 Å². The van der Waals surface area contributed by atoms with Gasteiger partial charge in [0.25, 0.3) is 10.0 Å². The molecule has 0 aliphatic carbocycles. The summed E-state index contributed by atoms with van der Waals surface area (Å²) in [6, 6.07) is 4.60. The Bertz CT molecular complexity index is 745. The number of nitrogens with one attached hydrogen (secondary N) is 1. The minimum atomic E-state index is -3.82. The summed E-state index contributed by atoms with van der Waals surface area (Å²) in [6.07, 6.45) is 1.36. The Hall–Kier alpha value is -1.45. The zero-order valence-electron chi connectivity index (χ0n) is 10.9. The number of sulfonamides is 1. The third-order valence-electron chi connectivity index (χ3n) is 2.53. The molecule has 0 spiro atoms. The van der Waals surface area contributed by atoms with Gasteiger partial charge >= 0.3 is 5.97 Å². The van der Waals surface area contributed by atoms with Gasteiger partial charge in [0.1, 0.15) is 0 Å². The molecule has 0 aliphatic rings. The molecule has 0 unspecified atom stereocenters. The molecular formula is C12H11BrN2O4S2. The first-order chi connectivity index (χ1) is 9.92. The second-order valence-corrected chi connectivity index (χ2v) is 7.41. The normalized spacial score (nSPS) is 11.1. The van der Waals surface area contributed by atoms with Gasteiger partial charge in [0.2, 0.25) is 0 Å². The molecule has 9 heteroatoms. The molecule has 21 heavy (non-hydrogen) atoms. The third-order valence-corrected chi connectivity index (χ3v) is 5.28. The van der Waals surface area contributed by atoms with Crippen LogP contribution >= 0.6 is 27.3 Å². The fraction of sp³-hybridized carbons (Fsp3) is 0.167. The number of hydrogen-bond donors (Lipinski definition) is 1. The number of carbonyl (C=O) groups excluding carboxylic acids is 1. The molecule has 0 atom stereocenters. The van der Waals surface area contributed by atoms with E-state index in [1.54, 1.807) is 17.5 Å². The molecule has 0 saturated heterocycles. The van der Waals surface area contributed by atoms with Gasteiger partial charge in [-0.1, -0.05) is 15.9 Å². The van der Waals surface area contributed by atoms with Crippen LogP contribution in [0, 0.1) is 0 Å². The van der Waals surface area contributed by atoms with E-state index in [1.807, 2.05) is 0 Å². The van der Waals surface area contributed by atoms with Crippen molar-refractivity contribution >= 4 is 48.4 Å². The van der Waals surface area contributed by atoms with Crippen molar-refractivity contribution in [1.82, 2.24) is 4.98 Å². The number of thiazole rings is 1. The number of carbonyl (C=O) groups is 1. The molecule has 0 saturated carbocycles. The van der Waals surface area contributed by atoms with Crippen LogP contribution in [0.4, 0.5) is 5.13 Å². The minimum absolute atomic E-state index is 0.0197. The Morgan fingerprint density at radius 2 is 2.24 bits per heavy atom. The average Bonchev–Trinajstić information content (AvgIpc) is 2.90. The van der Waals surface area contributed by atoms with E-state index in [0.717, 1.165) is 0 Å². The number of halogens is 1.